The van der Waals surface area contributed by atoms with Crippen LogP contribution in [0.25, 0.3) is 0 Å². The first-order chi connectivity index (χ1) is 10.1. The Morgan fingerprint density at radius 3 is 2.18 bits per heavy atom. The Labute approximate surface area is 136 Å². The average Bonchev–Trinajstić information content (AvgIpc) is 2.37. The molecule has 1 aromatic carbocycles. The van der Waals surface area contributed by atoms with Gasteiger partial charge in [0.2, 0.25) is 0 Å². The quantitative estimate of drug-likeness (QED) is 0.625. The standard InChI is InChI=1S/C18H30O3S/c1-6-8-16(9-7-14-18(3,4)5)21-22(19,20)17-12-10-15(2)11-13-17/h10-13,16H,6-9,14H2,1-5H3/t16-/m1/s1. The van der Waals surface area contributed by atoms with Gasteiger partial charge >= 0.3 is 0 Å². The summed E-state index contributed by atoms with van der Waals surface area (Å²) in [6, 6.07) is 6.82. The molecule has 0 spiro atoms. The van der Waals surface area contributed by atoms with Crippen molar-refractivity contribution in [2.24, 2.45) is 5.41 Å². The molecule has 0 fully saturated rings. The van der Waals surface area contributed by atoms with Gasteiger partial charge in [0.05, 0.1) is 11.0 Å². The molecule has 22 heavy (non-hydrogen) atoms. The lowest BCUT2D eigenvalue weighted by Crippen LogP contribution is -2.19. The van der Waals surface area contributed by atoms with Crippen LogP contribution in [0.15, 0.2) is 29.2 Å². The van der Waals surface area contributed by atoms with E-state index in [-0.39, 0.29) is 16.4 Å². The molecular formula is C18H30O3S. The van der Waals surface area contributed by atoms with E-state index in [0.29, 0.717) is 0 Å². The minimum Gasteiger partial charge on any atom is -0.263 e. The fourth-order valence-corrected chi connectivity index (χ4v) is 3.49. The normalized spacial score (nSPS) is 14.0. The summed E-state index contributed by atoms with van der Waals surface area (Å²) in [4.78, 5) is 0.245. The maximum absolute atomic E-state index is 12.4. The fraction of sp³-hybridized carbons (Fsp3) is 0.667. The topological polar surface area (TPSA) is 43.4 Å². The van der Waals surface area contributed by atoms with E-state index >= 15 is 0 Å². The maximum atomic E-state index is 12.4. The third-order valence-electron chi connectivity index (χ3n) is 3.64. The molecule has 0 saturated heterocycles. The minimum absolute atomic E-state index is 0.223. The lowest BCUT2D eigenvalue weighted by molar-refractivity contribution is 0.177. The summed E-state index contributed by atoms with van der Waals surface area (Å²) in [5, 5.41) is 0. The molecule has 1 aromatic rings. The zero-order chi connectivity index (χ0) is 16.8. The van der Waals surface area contributed by atoms with Gasteiger partial charge in [-0.15, -0.1) is 0 Å². The van der Waals surface area contributed by atoms with Crippen LogP contribution in [0.2, 0.25) is 0 Å². The van der Waals surface area contributed by atoms with Crippen LogP contribution >= 0.6 is 0 Å². The van der Waals surface area contributed by atoms with Gasteiger partial charge in [-0.3, -0.25) is 4.18 Å². The van der Waals surface area contributed by atoms with Gasteiger partial charge in [0.25, 0.3) is 10.1 Å². The minimum atomic E-state index is -3.66. The highest BCUT2D eigenvalue weighted by atomic mass is 32.2. The molecule has 0 aliphatic carbocycles. The van der Waals surface area contributed by atoms with Crippen LogP contribution in [0.5, 0.6) is 0 Å². The monoisotopic (exact) mass is 326 g/mol. The van der Waals surface area contributed by atoms with Gasteiger partial charge < -0.3 is 0 Å². The summed E-state index contributed by atoms with van der Waals surface area (Å²) in [7, 11) is -3.66. The van der Waals surface area contributed by atoms with Gasteiger partial charge in [0.1, 0.15) is 0 Å². The number of benzene rings is 1. The maximum Gasteiger partial charge on any atom is 0.297 e. The lowest BCUT2D eigenvalue weighted by atomic mass is 9.89. The molecule has 0 N–H and O–H groups in total. The zero-order valence-corrected chi connectivity index (χ0v) is 15.4. The van der Waals surface area contributed by atoms with Crippen molar-refractivity contribution in [1.29, 1.82) is 0 Å². The molecule has 1 rings (SSSR count). The summed E-state index contributed by atoms with van der Waals surface area (Å²) in [6.07, 6.45) is 4.31. The molecule has 1 atom stereocenters. The number of aryl methyl sites for hydroxylation is 1. The summed E-state index contributed by atoms with van der Waals surface area (Å²) in [5.74, 6) is 0. The lowest BCUT2D eigenvalue weighted by Gasteiger charge is -2.21. The van der Waals surface area contributed by atoms with E-state index in [9.17, 15) is 8.42 Å². The van der Waals surface area contributed by atoms with Crippen molar-refractivity contribution in [3.05, 3.63) is 29.8 Å². The Kier molecular flexibility index (Phi) is 7.07. The molecule has 4 heteroatoms. The third kappa shape index (κ3) is 6.93. The fourth-order valence-electron chi connectivity index (χ4n) is 2.36. The summed E-state index contributed by atoms with van der Waals surface area (Å²) in [5.41, 5.74) is 1.31. The molecule has 0 heterocycles. The predicted octanol–water partition coefficient (Wildman–Crippen LogP) is 5.09. The highest BCUT2D eigenvalue weighted by molar-refractivity contribution is 7.86. The first-order valence-corrected chi connectivity index (χ1v) is 9.55. The SMILES string of the molecule is CCC[C@H](CCCC(C)(C)C)OS(=O)(=O)c1ccc(C)cc1. The highest BCUT2D eigenvalue weighted by Crippen LogP contribution is 2.25. The second kappa shape index (κ2) is 8.11. The van der Waals surface area contributed by atoms with Crippen molar-refractivity contribution in [2.75, 3.05) is 0 Å². The Morgan fingerprint density at radius 1 is 1.09 bits per heavy atom. The van der Waals surface area contributed by atoms with E-state index in [2.05, 4.69) is 27.7 Å². The molecule has 126 valence electrons. The molecule has 0 amide bonds. The van der Waals surface area contributed by atoms with Gasteiger partial charge in [0, 0.05) is 0 Å². The van der Waals surface area contributed by atoms with Crippen LogP contribution < -0.4 is 0 Å². The first kappa shape index (κ1) is 19.2. The van der Waals surface area contributed by atoms with Crippen LogP contribution in [0, 0.1) is 12.3 Å². The summed E-state index contributed by atoms with van der Waals surface area (Å²) >= 11 is 0. The number of hydrogen-bond acceptors (Lipinski definition) is 3. The number of rotatable bonds is 8. The van der Waals surface area contributed by atoms with Crippen molar-refractivity contribution in [3.8, 4) is 0 Å². The molecule has 3 nitrogen and oxygen atoms in total. The predicted molar refractivity (Wildman–Crippen MR) is 91.5 cm³/mol. The molecule has 0 aliphatic rings. The second-order valence-electron chi connectivity index (χ2n) is 7.23. The smallest absolute Gasteiger partial charge is 0.263 e. The van der Waals surface area contributed by atoms with E-state index in [1.165, 1.54) is 0 Å². The van der Waals surface area contributed by atoms with E-state index in [4.69, 9.17) is 4.18 Å². The van der Waals surface area contributed by atoms with Crippen LogP contribution in [-0.4, -0.2) is 14.5 Å². The van der Waals surface area contributed by atoms with Crippen molar-refractivity contribution in [2.45, 2.75) is 77.7 Å². The highest BCUT2D eigenvalue weighted by Gasteiger charge is 2.22. The van der Waals surface area contributed by atoms with Gasteiger partial charge in [-0.1, -0.05) is 58.2 Å². The van der Waals surface area contributed by atoms with Crippen molar-refractivity contribution in [3.63, 3.8) is 0 Å². The first-order valence-electron chi connectivity index (χ1n) is 8.14. The van der Waals surface area contributed by atoms with Crippen molar-refractivity contribution < 1.29 is 12.6 Å². The van der Waals surface area contributed by atoms with Crippen molar-refractivity contribution >= 4 is 10.1 Å². The average molecular weight is 327 g/mol. The van der Waals surface area contributed by atoms with Crippen LogP contribution in [-0.2, 0) is 14.3 Å². The molecule has 0 saturated carbocycles. The molecule has 0 aromatic heterocycles. The van der Waals surface area contributed by atoms with E-state index < -0.39 is 10.1 Å². The molecule has 0 radical (unpaired) electrons. The molecule has 0 aliphatic heterocycles. The Hall–Kier alpha value is -0.870. The summed E-state index contributed by atoms with van der Waals surface area (Å²) < 4.78 is 30.2. The Balaban J connectivity index is 2.70. The van der Waals surface area contributed by atoms with Crippen LogP contribution in [0.1, 0.15) is 65.4 Å². The third-order valence-corrected chi connectivity index (χ3v) is 5.01. The van der Waals surface area contributed by atoms with E-state index in [0.717, 1.165) is 37.7 Å². The van der Waals surface area contributed by atoms with Gasteiger partial charge in [-0.05, 0) is 43.7 Å². The van der Waals surface area contributed by atoms with E-state index in [1.54, 1.807) is 24.3 Å². The Morgan fingerprint density at radius 2 is 1.68 bits per heavy atom. The second-order valence-corrected chi connectivity index (χ2v) is 8.80. The zero-order valence-electron chi connectivity index (χ0n) is 14.6. The van der Waals surface area contributed by atoms with Gasteiger partial charge in [-0.2, -0.15) is 8.42 Å². The van der Waals surface area contributed by atoms with Gasteiger partial charge in [-0.25, -0.2) is 0 Å². The number of hydrogen-bond donors (Lipinski definition) is 0. The molecule has 0 unspecified atom stereocenters. The van der Waals surface area contributed by atoms with Crippen LogP contribution in [0.4, 0.5) is 0 Å². The Bertz CT molecular complexity index is 539. The van der Waals surface area contributed by atoms with Gasteiger partial charge in [0.15, 0.2) is 0 Å². The summed E-state index contributed by atoms with van der Waals surface area (Å²) in [6.45, 7) is 10.6. The molecule has 0 bridgehead atoms. The van der Waals surface area contributed by atoms with Crippen molar-refractivity contribution in [1.82, 2.24) is 0 Å². The van der Waals surface area contributed by atoms with Crippen LogP contribution in [0.3, 0.4) is 0 Å². The molecular weight excluding hydrogens is 296 g/mol. The largest absolute Gasteiger partial charge is 0.297 e. The van der Waals surface area contributed by atoms with E-state index in [1.807, 2.05) is 6.92 Å².